The summed E-state index contributed by atoms with van der Waals surface area (Å²) in [6, 6.07) is 9.72. The quantitative estimate of drug-likeness (QED) is 0.845. The first-order valence-electron chi connectivity index (χ1n) is 7.51. The van der Waals surface area contributed by atoms with Crippen LogP contribution in [0.25, 0.3) is 5.69 Å². The molecule has 0 bridgehead atoms. The summed E-state index contributed by atoms with van der Waals surface area (Å²) in [5, 5.41) is 10.4. The molecule has 1 fully saturated rings. The summed E-state index contributed by atoms with van der Waals surface area (Å²) in [4.78, 5) is 11.9. The van der Waals surface area contributed by atoms with Gasteiger partial charge in [0.05, 0.1) is 25.1 Å². The maximum atomic E-state index is 11.9. The average molecular weight is 300 g/mol. The van der Waals surface area contributed by atoms with E-state index < -0.39 is 0 Å². The number of benzene rings is 1. The normalized spacial score (nSPS) is 18.1. The average Bonchev–Trinajstić information content (AvgIpc) is 3.05. The lowest BCUT2D eigenvalue weighted by Gasteiger charge is -2.22. The number of hydrogen-bond donors (Lipinski definition) is 2. The van der Waals surface area contributed by atoms with Gasteiger partial charge in [0.2, 0.25) is 5.91 Å². The van der Waals surface area contributed by atoms with Crippen LogP contribution in [0.2, 0.25) is 0 Å². The molecular formula is C16H20N4O2. The second-order valence-electron chi connectivity index (χ2n) is 5.25. The van der Waals surface area contributed by atoms with Gasteiger partial charge in [-0.25, -0.2) is 4.68 Å². The van der Waals surface area contributed by atoms with Crippen molar-refractivity contribution >= 4 is 5.91 Å². The van der Waals surface area contributed by atoms with Crippen molar-refractivity contribution in [2.75, 3.05) is 26.3 Å². The van der Waals surface area contributed by atoms with Crippen molar-refractivity contribution in [2.45, 2.75) is 12.5 Å². The van der Waals surface area contributed by atoms with E-state index in [1.807, 2.05) is 47.4 Å². The predicted molar refractivity (Wildman–Crippen MR) is 82.9 cm³/mol. The molecule has 6 nitrogen and oxygen atoms in total. The van der Waals surface area contributed by atoms with Crippen LogP contribution < -0.4 is 10.6 Å². The minimum Gasteiger partial charge on any atom is -0.378 e. The summed E-state index contributed by atoms with van der Waals surface area (Å²) in [6.07, 6.45) is 4.58. The SMILES string of the molecule is O=C(NCCc1cnn(-c2ccccc2)c1)C1COCCN1. The Balaban J connectivity index is 1.48. The Morgan fingerprint density at radius 3 is 3.05 bits per heavy atom. The lowest BCUT2D eigenvalue weighted by molar-refractivity contribution is -0.125. The molecule has 2 N–H and O–H groups in total. The van der Waals surface area contributed by atoms with Crippen LogP contribution in [0.4, 0.5) is 0 Å². The Morgan fingerprint density at radius 2 is 2.27 bits per heavy atom. The second-order valence-corrected chi connectivity index (χ2v) is 5.25. The molecule has 2 heterocycles. The number of carbonyl (C=O) groups is 1. The topological polar surface area (TPSA) is 68.2 Å². The molecule has 1 amide bonds. The molecule has 1 aliphatic rings. The lowest BCUT2D eigenvalue weighted by Crippen LogP contribution is -2.51. The highest BCUT2D eigenvalue weighted by Gasteiger charge is 2.20. The van der Waals surface area contributed by atoms with Crippen LogP contribution in [0.3, 0.4) is 0 Å². The highest BCUT2D eigenvalue weighted by atomic mass is 16.5. The van der Waals surface area contributed by atoms with Crippen LogP contribution in [0, 0.1) is 0 Å². The van der Waals surface area contributed by atoms with Gasteiger partial charge in [-0.2, -0.15) is 5.10 Å². The number of rotatable bonds is 5. The number of para-hydroxylation sites is 1. The molecule has 1 unspecified atom stereocenters. The third kappa shape index (κ3) is 3.72. The van der Waals surface area contributed by atoms with Gasteiger partial charge in [-0.05, 0) is 24.1 Å². The van der Waals surface area contributed by atoms with Crippen molar-refractivity contribution < 1.29 is 9.53 Å². The summed E-state index contributed by atoms with van der Waals surface area (Å²) in [5.74, 6) is -0.00449. The zero-order valence-electron chi connectivity index (χ0n) is 12.4. The summed E-state index contributed by atoms with van der Waals surface area (Å²) < 4.78 is 7.12. The predicted octanol–water partition coefficient (Wildman–Crippen LogP) is 0.519. The summed E-state index contributed by atoms with van der Waals surface area (Å²) in [6.45, 7) is 2.43. The molecular weight excluding hydrogens is 280 g/mol. The number of carbonyl (C=O) groups excluding carboxylic acids is 1. The minimum absolute atomic E-state index is 0.00449. The van der Waals surface area contributed by atoms with Crippen molar-refractivity contribution in [1.82, 2.24) is 20.4 Å². The van der Waals surface area contributed by atoms with Gasteiger partial charge < -0.3 is 15.4 Å². The number of ether oxygens (including phenoxy) is 1. The number of amides is 1. The van der Waals surface area contributed by atoms with Gasteiger partial charge in [0.25, 0.3) is 0 Å². The van der Waals surface area contributed by atoms with E-state index >= 15 is 0 Å². The van der Waals surface area contributed by atoms with Crippen LogP contribution in [0.1, 0.15) is 5.56 Å². The molecule has 3 rings (SSSR count). The Bertz CT molecular complexity index is 606. The van der Waals surface area contributed by atoms with E-state index in [2.05, 4.69) is 15.7 Å². The van der Waals surface area contributed by atoms with E-state index in [9.17, 15) is 4.79 Å². The molecule has 22 heavy (non-hydrogen) atoms. The van der Waals surface area contributed by atoms with Gasteiger partial charge in [0.1, 0.15) is 6.04 Å². The molecule has 1 saturated heterocycles. The fraction of sp³-hybridized carbons (Fsp3) is 0.375. The van der Waals surface area contributed by atoms with E-state index in [0.29, 0.717) is 19.8 Å². The molecule has 116 valence electrons. The molecule has 2 aromatic rings. The van der Waals surface area contributed by atoms with E-state index in [1.54, 1.807) is 0 Å². The maximum Gasteiger partial charge on any atom is 0.239 e. The van der Waals surface area contributed by atoms with Crippen molar-refractivity contribution in [2.24, 2.45) is 0 Å². The molecule has 1 aliphatic heterocycles. The van der Waals surface area contributed by atoms with Gasteiger partial charge >= 0.3 is 0 Å². The van der Waals surface area contributed by atoms with Crippen LogP contribution in [-0.2, 0) is 16.0 Å². The van der Waals surface area contributed by atoms with Crippen molar-refractivity contribution in [3.8, 4) is 5.69 Å². The fourth-order valence-corrected chi connectivity index (χ4v) is 2.40. The first-order valence-corrected chi connectivity index (χ1v) is 7.51. The minimum atomic E-state index is -0.235. The third-order valence-electron chi connectivity index (χ3n) is 3.61. The number of aromatic nitrogens is 2. The van der Waals surface area contributed by atoms with Crippen LogP contribution in [0.5, 0.6) is 0 Å². The standard InChI is InChI=1S/C16H20N4O2/c21-16(15-12-22-9-8-17-15)18-7-6-13-10-19-20(11-13)14-4-2-1-3-5-14/h1-5,10-11,15,17H,6-9,12H2,(H,18,21). The Labute approximate surface area is 129 Å². The van der Waals surface area contributed by atoms with Crippen LogP contribution in [0.15, 0.2) is 42.7 Å². The highest BCUT2D eigenvalue weighted by Crippen LogP contribution is 2.07. The summed E-state index contributed by atoms with van der Waals surface area (Å²) in [5.41, 5.74) is 2.12. The Hall–Kier alpha value is -2.18. The van der Waals surface area contributed by atoms with Gasteiger partial charge in [-0.3, -0.25) is 4.79 Å². The summed E-state index contributed by atoms with van der Waals surface area (Å²) >= 11 is 0. The molecule has 0 spiro atoms. The fourth-order valence-electron chi connectivity index (χ4n) is 2.40. The monoisotopic (exact) mass is 300 g/mol. The molecule has 0 radical (unpaired) electrons. The first kappa shape index (κ1) is 14.7. The number of nitrogens with one attached hydrogen (secondary N) is 2. The zero-order chi connectivity index (χ0) is 15.2. The highest BCUT2D eigenvalue weighted by molar-refractivity contribution is 5.81. The molecule has 0 aliphatic carbocycles. The molecule has 6 heteroatoms. The Morgan fingerprint density at radius 1 is 1.41 bits per heavy atom. The van der Waals surface area contributed by atoms with Crippen LogP contribution >= 0.6 is 0 Å². The molecule has 1 aromatic heterocycles. The zero-order valence-corrected chi connectivity index (χ0v) is 12.4. The van der Waals surface area contributed by atoms with E-state index in [4.69, 9.17) is 4.74 Å². The van der Waals surface area contributed by atoms with Crippen molar-refractivity contribution in [3.63, 3.8) is 0 Å². The lowest BCUT2D eigenvalue weighted by atomic mass is 10.2. The maximum absolute atomic E-state index is 11.9. The van der Waals surface area contributed by atoms with Crippen LogP contribution in [-0.4, -0.2) is 48.0 Å². The smallest absolute Gasteiger partial charge is 0.239 e. The first-order chi connectivity index (χ1) is 10.8. The van der Waals surface area contributed by atoms with Gasteiger partial charge in [0, 0.05) is 19.3 Å². The van der Waals surface area contributed by atoms with Gasteiger partial charge in [0.15, 0.2) is 0 Å². The number of morpholine rings is 1. The van der Waals surface area contributed by atoms with Crippen molar-refractivity contribution in [1.29, 1.82) is 0 Å². The Kier molecular flexibility index (Phi) is 4.82. The second kappa shape index (κ2) is 7.20. The molecule has 1 atom stereocenters. The largest absolute Gasteiger partial charge is 0.378 e. The number of nitrogens with zero attached hydrogens (tertiary/aromatic N) is 2. The van der Waals surface area contributed by atoms with E-state index in [1.165, 1.54) is 0 Å². The van der Waals surface area contributed by atoms with Crippen molar-refractivity contribution in [3.05, 3.63) is 48.3 Å². The van der Waals surface area contributed by atoms with E-state index in [-0.39, 0.29) is 11.9 Å². The number of hydrogen-bond acceptors (Lipinski definition) is 4. The third-order valence-corrected chi connectivity index (χ3v) is 3.61. The molecule has 0 saturated carbocycles. The summed E-state index contributed by atoms with van der Waals surface area (Å²) in [7, 11) is 0. The van der Waals surface area contributed by atoms with Gasteiger partial charge in [-0.15, -0.1) is 0 Å². The van der Waals surface area contributed by atoms with E-state index in [0.717, 1.165) is 24.2 Å². The molecule has 1 aromatic carbocycles. The van der Waals surface area contributed by atoms with Gasteiger partial charge in [-0.1, -0.05) is 18.2 Å².